The molecule has 1 aromatic rings. The lowest BCUT2D eigenvalue weighted by Gasteiger charge is -2.10. The third-order valence-corrected chi connectivity index (χ3v) is 1.88. The summed E-state index contributed by atoms with van der Waals surface area (Å²) in [7, 11) is 0. The maximum atomic E-state index is 11.8. The molecule has 0 bridgehead atoms. The Kier molecular flexibility index (Phi) is 2.85. The van der Waals surface area contributed by atoms with Crippen LogP contribution in [0.25, 0.3) is 0 Å². The van der Waals surface area contributed by atoms with E-state index in [9.17, 15) is 13.2 Å². The third-order valence-electron chi connectivity index (χ3n) is 1.22. The first-order valence-electron chi connectivity index (χ1n) is 3.26. The van der Waals surface area contributed by atoms with Gasteiger partial charge in [-0.15, -0.1) is 13.2 Å². The highest BCUT2D eigenvalue weighted by Gasteiger charge is 2.31. The molecule has 0 fully saturated rings. The van der Waals surface area contributed by atoms with E-state index in [0.29, 0.717) is 5.56 Å². The predicted molar refractivity (Wildman–Crippen MR) is 45.3 cm³/mol. The highest BCUT2D eigenvalue weighted by atomic mass is 79.9. The lowest BCUT2D eigenvalue weighted by Crippen LogP contribution is -2.17. The lowest BCUT2D eigenvalue weighted by atomic mass is 10.2. The highest BCUT2D eigenvalue weighted by Crippen LogP contribution is 2.30. The quantitative estimate of drug-likeness (QED) is 0.744. The molecular weight excluding hydrogens is 249 g/mol. The normalized spacial score (nSPS) is 11.5. The van der Waals surface area contributed by atoms with Crippen molar-refractivity contribution in [3.05, 3.63) is 35.2 Å². The molecule has 0 aromatic heterocycles. The van der Waals surface area contributed by atoms with Crippen molar-refractivity contribution < 1.29 is 17.9 Å². The molecule has 1 radical (unpaired) electrons. The summed E-state index contributed by atoms with van der Waals surface area (Å²) in [6, 6.07) is 4.23. The molecule has 0 aliphatic carbocycles. The Morgan fingerprint density at radius 2 is 1.92 bits per heavy atom. The zero-order valence-electron chi connectivity index (χ0n) is 6.36. The maximum Gasteiger partial charge on any atom is 0.573 e. The van der Waals surface area contributed by atoms with Crippen LogP contribution in [0, 0.1) is 6.92 Å². The second-order valence-electron chi connectivity index (χ2n) is 2.31. The molecule has 5 heteroatoms. The van der Waals surface area contributed by atoms with Gasteiger partial charge >= 0.3 is 6.36 Å². The van der Waals surface area contributed by atoms with Crippen LogP contribution in [0.3, 0.4) is 0 Å². The Morgan fingerprint density at radius 1 is 1.31 bits per heavy atom. The number of alkyl halides is 3. The van der Waals surface area contributed by atoms with Crippen molar-refractivity contribution in [1.82, 2.24) is 0 Å². The average molecular weight is 254 g/mol. The van der Waals surface area contributed by atoms with Crippen molar-refractivity contribution in [3.63, 3.8) is 0 Å². The Labute approximate surface area is 81.6 Å². The molecule has 1 nitrogen and oxygen atoms in total. The number of hydrogen-bond acceptors (Lipinski definition) is 1. The van der Waals surface area contributed by atoms with Gasteiger partial charge in [-0.2, -0.15) is 0 Å². The summed E-state index contributed by atoms with van der Waals surface area (Å²) in [5.74, 6) is -0.278. The van der Waals surface area contributed by atoms with E-state index in [4.69, 9.17) is 0 Å². The molecular formula is C8H5BrF3O. The molecule has 13 heavy (non-hydrogen) atoms. The topological polar surface area (TPSA) is 9.23 Å². The molecule has 1 rings (SSSR count). The summed E-state index contributed by atoms with van der Waals surface area (Å²) >= 11 is 2.93. The summed E-state index contributed by atoms with van der Waals surface area (Å²) in [6.07, 6.45) is -4.67. The minimum atomic E-state index is -4.67. The van der Waals surface area contributed by atoms with Gasteiger partial charge in [0.2, 0.25) is 0 Å². The summed E-state index contributed by atoms with van der Waals surface area (Å²) in [6.45, 7) is 3.48. The van der Waals surface area contributed by atoms with Gasteiger partial charge in [-0.1, -0.05) is 6.07 Å². The van der Waals surface area contributed by atoms with E-state index >= 15 is 0 Å². The van der Waals surface area contributed by atoms with Gasteiger partial charge in [-0.3, -0.25) is 0 Å². The smallest absolute Gasteiger partial charge is 0.405 e. The van der Waals surface area contributed by atoms with E-state index < -0.39 is 6.36 Å². The van der Waals surface area contributed by atoms with Crippen LogP contribution in [0.5, 0.6) is 5.75 Å². The second-order valence-corrected chi connectivity index (χ2v) is 3.17. The Hall–Kier alpha value is -0.710. The molecule has 1 aromatic carbocycles. The molecule has 0 heterocycles. The van der Waals surface area contributed by atoms with Crippen LogP contribution in [0.4, 0.5) is 13.2 Å². The number of hydrogen-bond donors (Lipinski definition) is 0. The van der Waals surface area contributed by atoms with Crippen LogP contribution >= 0.6 is 15.9 Å². The van der Waals surface area contributed by atoms with Gasteiger partial charge in [0.15, 0.2) is 0 Å². The Bertz CT molecular complexity index is 309. The van der Waals surface area contributed by atoms with E-state index in [1.807, 2.05) is 0 Å². The van der Waals surface area contributed by atoms with Crippen LogP contribution in [-0.2, 0) is 0 Å². The molecule has 0 atom stereocenters. The van der Waals surface area contributed by atoms with Gasteiger partial charge in [0.05, 0.1) is 4.47 Å². The highest BCUT2D eigenvalue weighted by molar-refractivity contribution is 9.10. The fourth-order valence-electron chi connectivity index (χ4n) is 0.751. The Balaban J connectivity index is 2.94. The molecule has 0 unspecified atom stereocenters. The van der Waals surface area contributed by atoms with Gasteiger partial charge in [0.1, 0.15) is 5.75 Å². The second kappa shape index (κ2) is 3.57. The van der Waals surface area contributed by atoms with E-state index in [1.165, 1.54) is 12.1 Å². The van der Waals surface area contributed by atoms with Gasteiger partial charge in [0.25, 0.3) is 0 Å². The standard InChI is InChI=1S/C8H5BrF3O/c1-5-2-3-6(9)7(4-5)13-8(10,11)12/h2-4H,1H2. The summed E-state index contributed by atoms with van der Waals surface area (Å²) in [5.41, 5.74) is 0.461. The number of rotatable bonds is 1. The van der Waals surface area contributed by atoms with E-state index in [-0.39, 0.29) is 10.2 Å². The SMILES string of the molecule is [CH2]c1ccc(Br)c(OC(F)(F)F)c1. The largest absolute Gasteiger partial charge is 0.573 e. The molecule has 0 aliphatic rings. The molecule has 0 aliphatic heterocycles. The monoisotopic (exact) mass is 253 g/mol. The number of halogens is 4. The fraction of sp³-hybridized carbons (Fsp3) is 0.125. The number of benzene rings is 1. The molecule has 0 saturated carbocycles. The zero-order valence-corrected chi connectivity index (χ0v) is 7.95. The first-order chi connectivity index (χ1) is 5.88. The van der Waals surface area contributed by atoms with Crippen LogP contribution < -0.4 is 4.74 Å². The van der Waals surface area contributed by atoms with Crippen LogP contribution in [-0.4, -0.2) is 6.36 Å². The summed E-state index contributed by atoms with van der Waals surface area (Å²) < 4.78 is 39.3. The minimum Gasteiger partial charge on any atom is -0.405 e. The molecule has 0 N–H and O–H groups in total. The van der Waals surface area contributed by atoms with Crippen molar-refractivity contribution in [3.8, 4) is 5.75 Å². The van der Waals surface area contributed by atoms with Crippen molar-refractivity contribution in [2.24, 2.45) is 0 Å². The molecule has 0 amide bonds. The Morgan fingerprint density at radius 3 is 2.46 bits per heavy atom. The van der Waals surface area contributed by atoms with Crippen molar-refractivity contribution in [1.29, 1.82) is 0 Å². The van der Waals surface area contributed by atoms with Gasteiger partial charge in [0, 0.05) is 0 Å². The number of ether oxygens (including phenoxy) is 1. The van der Waals surface area contributed by atoms with Crippen LogP contribution in [0.1, 0.15) is 5.56 Å². The van der Waals surface area contributed by atoms with Gasteiger partial charge < -0.3 is 4.74 Å². The zero-order chi connectivity index (χ0) is 10.1. The molecule has 71 valence electrons. The summed E-state index contributed by atoms with van der Waals surface area (Å²) in [4.78, 5) is 0. The van der Waals surface area contributed by atoms with E-state index in [1.54, 1.807) is 6.07 Å². The summed E-state index contributed by atoms with van der Waals surface area (Å²) in [5, 5.41) is 0. The van der Waals surface area contributed by atoms with Crippen molar-refractivity contribution in [2.75, 3.05) is 0 Å². The van der Waals surface area contributed by atoms with Crippen LogP contribution in [0.15, 0.2) is 22.7 Å². The fourth-order valence-corrected chi connectivity index (χ4v) is 1.08. The lowest BCUT2D eigenvalue weighted by molar-refractivity contribution is -0.274. The first-order valence-corrected chi connectivity index (χ1v) is 4.05. The minimum absolute atomic E-state index is 0.247. The van der Waals surface area contributed by atoms with E-state index in [0.717, 1.165) is 0 Å². The molecule has 0 saturated heterocycles. The van der Waals surface area contributed by atoms with E-state index in [2.05, 4.69) is 27.6 Å². The van der Waals surface area contributed by atoms with Crippen molar-refractivity contribution >= 4 is 15.9 Å². The van der Waals surface area contributed by atoms with Gasteiger partial charge in [-0.05, 0) is 40.5 Å². The maximum absolute atomic E-state index is 11.8. The first kappa shape index (κ1) is 10.4. The van der Waals surface area contributed by atoms with Crippen molar-refractivity contribution in [2.45, 2.75) is 6.36 Å². The van der Waals surface area contributed by atoms with Gasteiger partial charge in [-0.25, -0.2) is 0 Å². The third kappa shape index (κ3) is 3.26. The predicted octanol–water partition coefficient (Wildman–Crippen LogP) is 3.53. The van der Waals surface area contributed by atoms with Crippen LogP contribution in [0.2, 0.25) is 0 Å². The molecule has 0 spiro atoms. The average Bonchev–Trinajstić information content (AvgIpc) is 1.94.